The van der Waals surface area contributed by atoms with Crippen molar-refractivity contribution in [2.45, 2.75) is 20.3 Å². The van der Waals surface area contributed by atoms with E-state index in [9.17, 15) is 5.11 Å². The van der Waals surface area contributed by atoms with Crippen LogP contribution in [-0.4, -0.2) is 37.3 Å². The van der Waals surface area contributed by atoms with Crippen molar-refractivity contribution < 1.29 is 5.11 Å². The lowest BCUT2D eigenvalue weighted by atomic mass is 9.90. The van der Waals surface area contributed by atoms with Gasteiger partial charge < -0.3 is 10.0 Å². The minimum Gasteiger partial charge on any atom is -0.396 e. The highest BCUT2D eigenvalue weighted by Gasteiger charge is 2.55. The lowest BCUT2D eigenvalue weighted by molar-refractivity contribution is 0.149. The van der Waals surface area contributed by atoms with E-state index < -0.39 is 0 Å². The second kappa shape index (κ2) is 3.35. The van der Waals surface area contributed by atoms with Gasteiger partial charge >= 0.3 is 0 Å². The molecule has 0 aromatic heterocycles. The van der Waals surface area contributed by atoms with Crippen LogP contribution in [0.2, 0.25) is 0 Å². The van der Waals surface area contributed by atoms with Crippen LogP contribution in [0.4, 0.5) is 0 Å². The van der Waals surface area contributed by atoms with Crippen LogP contribution in [0.25, 0.3) is 0 Å². The Morgan fingerprint density at radius 1 is 1.50 bits per heavy atom. The lowest BCUT2D eigenvalue weighted by Gasteiger charge is -2.20. The van der Waals surface area contributed by atoms with E-state index in [4.69, 9.17) is 0 Å². The number of hydrogen-bond acceptors (Lipinski definition) is 2. The highest BCUT2D eigenvalue weighted by atomic mass is 16.3. The molecule has 0 aromatic rings. The van der Waals surface area contributed by atoms with E-state index in [1.807, 2.05) is 0 Å². The van der Waals surface area contributed by atoms with Crippen LogP contribution in [0.15, 0.2) is 0 Å². The van der Waals surface area contributed by atoms with Crippen LogP contribution in [-0.2, 0) is 0 Å². The first kappa shape index (κ1) is 10.0. The highest BCUT2D eigenvalue weighted by Crippen LogP contribution is 2.57. The van der Waals surface area contributed by atoms with Crippen LogP contribution >= 0.6 is 0 Å². The van der Waals surface area contributed by atoms with E-state index in [1.54, 1.807) is 0 Å². The smallest absolute Gasteiger partial charge is 0.0493 e. The summed E-state index contributed by atoms with van der Waals surface area (Å²) in [5.74, 6) is 1.34. The number of rotatable bonds is 4. The van der Waals surface area contributed by atoms with Crippen molar-refractivity contribution in [2.75, 3.05) is 27.2 Å². The predicted octanol–water partition coefficient (Wildman–Crippen LogP) is 1.20. The van der Waals surface area contributed by atoms with E-state index in [2.05, 4.69) is 32.8 Å². The summed E-state index contributed by atoms with van der Waals surface area (Å²) >= 11 is 0. The Kier molecular flexibility index (Phi) is 2.79. The van der Waals surface area contributed by atoms with Crippen molar-refractivity contribution in [1.29, 1.82) is 0 Å². The molecule has 72 valence electrons. The van der Waals surface area contributed by atoms with Gasteiger partial charge in [-0.3, -0.25) is 0 Å². The molecule has 0 spiro atoms. The summed E-state index contributed by atoms with van der Waals surface area (Å²) in [4.78, 5) is 2.21. The number of aliphatic hydroxyl groups excluding tert-OH is 1. The molecule has 0 aliphatic heterocycles. The molecule has 1 saturated carbocycles. The maximum Gasteiger partial charge on any atom is 0.0493 e. The second-order valence-corrected chi connectivity index (χ2v) is 4.71. The fourth-order valence-electron chi connectivity index (χ4n) is 2.17. The zero-order valence-corrected chi connectivity index (χ0v) is 8.67. The fraction of sp³-hybridized carbons (Fsp3) is 1.00. The van der Waals surface area contributed by atoms with Gasteiger partial charge in [0.2, 0.25) is 0 Å². The molecule has 1 aliphatic rings. The van der Waals surface area contributed by atoms with Gasteiger partial charge in [0.1, 0.15) is 0 Å². The molecule has 1 rings (SSSR count). The Balaban J connectivity index is 2.44. The molecular weight excluding hydrogens is 150 g/mol. The molecule has 2 nitrogen and oxygen atoms in total. The van der Waals surface area contributed by atoms with E-state index >= 15 is 0 Å². The highest BCUT2D eigenvalue weighted by molar-refractivity contribution is 5.04. The standard InChI is InChI=1S/C10H21NO/c1-8(2)10(7-12)5-9(10)6-11(3)4/h8-9,12H,5-7H2,1-4H3. The third-order valence-corrected chi connectivity index (χ3v) is 3.31. The van der Waals surface area contributed by atoms with Crippen molar-refractivity contribution >= 4 is 0 Å². The fourth-order valence-corrected chi connectivity index (χ4v) is 2.17. The Labute approximate surface area is 75.6 Å². The summed E-state index contributed by atoms with van der Waals surface area (Å²) in [5, 5.41) is 9.29. The maximum absolute atomic E-state index is 9.29. The Morgan fingerprint density at radius 3 is 2.33 bits per heavy atom. The van der Waals surface area contributed by atoms with Gasteiger partial charge in [-0.15, -0.1) is 0 Å². The molecule has 2 unspecified atom stereocenters. The predicted molar refractivity (Wildman–Crippen MR) is 51.0 cm³/mol. The Morgan fingerprint density at radius 2 is 2.08 bits per heavy atom. The first-order valence-electron chi connectivity index (χ1n) is 4.78. The zero-order chi connectivity index (χ0) is 9.35. The van der Waals surface area contributed by atoms with Gasteiger partial charge in [-0.25, -0.2) is 0 Å². The molecule has 0 aromatic carbocycles. The molecule has 0 radical (unpaired) electrons. The molecular formula is C10H21NO. The zero-order valence-electron chi connectivity index (χ0n) is 8.67. The van der Waals surface area contributed by atoms with E-state index in [-0.39, 0.29) is 5.41 Å². The van der Waals surface area contributed by atoms with Crippen LogP contribution in [0.1, 0.15) is 20.3 Å². The quantitative estimate of drug-likeness (QED) is 0.687. The Bertz CT molecular complexity index is 156. The SMILES string of the molecule is CC(C)C1(CO)CC1CN(C)C. The largest absolute Gasteiger partial charge is 0.396 e. The topological polar surface area (TPSA) is 23.5 Å². The van der Waals surface area contributed by atoms with Gasteiger partial charge in [0.15, 0.2) is 0 Å². The summed E-state index contributed by atoms with van der Waals surface area (Å²) in [5.41, 5.74) is 0.254. The monoisotopic (exact) mass is 171 g/mol. The summed E-state index contributed by atoms with van der Waals surface area (Å²) in [6, 6.07) is 0. The normalized spacial score (nSPS) is 34.8. The number of hydrogen-bond donors (Lipinski definition) is 1. The first-order chi connectivity index (χ1) is 5.53. The molecule has 0 saturated heterocycles. The molecule has 12 heavy (non-hydrogen) atoms. The van der Waals surface area contributed by atoms with Gasteiger partial charge in [-0.05, 0) is 32.4 Å². The molecule has 0 amide bonds. The van der Waals surface area contributed by atoms with Crippen molar-refractivity contribution in [3.05, 3.63) is 0 Å². The average molecular weight is 171 g/mol. The molecule has 2 heteroatoms. The third-order valence-electron chi connectivity index (χ3n) is 3.31. The van der Waals surface area contributed by atoms with Gasteiger partial charge in [-0.1, -0.05) is 13.8 Å². The maximum atomic E-state index is 9.29. The number of nitrogens with zero attached hydrogens (tertiary/aromatic N) is 1. The summed E-state index contributed by atoms with van der Waals surface area (Å²) in [6.45, 7) is 5.92. The Hall–Kier alpha value is -0.0800. The molecule has 0 bridgehead atoms. The van der Waals surface area contributed by atoms with Gasteiger partial charge in [-0.2, -0.15) is 0 Å². The summed E-state index contributed by atoms with van der Waals surface area (Å²) in [7, 11) is 4.20. The molecule has 2 atom stereocenters. The molecule has 0 heterocycles. The van der Waals surface area contributed by atoms with Crippen molar-refractivity contribution in [3.63, 3.8) is 0 Å². The molecule has 1 N–H and O–H groups in total. The molecule has 1 aliphatic carbocycles. The van der Waals surface area contributed by atoms with Crippen LogP contribution < -0.4 is 0 Å². The third kappa shape index (κ3) is 1.64. The van der Waals surface area contributed by atoms with E-state index in [0.717, 1.165) is 12.5 Å². The van der Waals surface area contributed by atoms with E-state index in [1.165, 1.54) is 6.42 Å². The first-order valence-corrected chi connectivity index (χ1v) is 4.78. The summed E-state index contributed by atoms with van der Waals surface area (Å²) < 4.78 is 0. The van der Waals surface area contributed by atoms with Crippen molar-refractivity contribution in [1.82, 2.24) is 4.90 Å². The van der Waals surface area contributed by atoms with Gasteiger partial charge in [0.25, 0.3) is 0 Å². The van der Waals surface area contributed by atoms with Crippen molar-refractivity contribution in [2.24, 2.45) is 17.3 Å². The van der Waals surface area contributed by atoms with E-state index in [0.29, 0.717) is 12.5 Å². The number of aliphatic hydroxyl groups is 1. The molecule has 1 fully saturated rings. The van der Waals surface area contributed by atoms with Crippen molar-refractivity contribution in [3.8, 4) is 0 Å². The van der Waals surface area contributed by atoms with Gasteiger partial charge in [0.05, 0.1) is 0 Å². The van der Waals surface area contributed by atoms with Gasteiger partial charge in [0, 0.05) is 18.6 Å². The van der Waals surface area contributed by atoms with Crippen LogP contribution in [0.3, 0.4) is 0 Å². The minimum absolute atomic E-state index is 0.254. The summed E-state index contributed by atoms with van der Waals surface area (Å²) in [6.07, 6.45) is 1.21. The average Bonchev–Trinajstić information content (AvgIpc) is 2.62. The second-order valence-electron chi connectivity index (χ2n) is 4.71. The minimum atomic E-state index is 0.254. The van der Waals surface area contributed by atoms with Crippen LogP contribution in [0.5, 0.6) is 0 Å². The van der Waals surface area contributed by atoms with Crippen LogP contribution in [0, 0.1) is 17.3 Å². The lowest BCUT2D eigenvalue weighted by Crippen LogP contribution is -2.23.